The Balaban J connectivity index is 1.94. The summed E-state index contributed by atoms with van der Waals surface area (Å²) in [5.74, 6) is 4.49. The van der Waals surface area contributed by atoms with Crippen LogP contribution in [0.1, 0.15) is 25.7 Å². The summed E-state index contributed by atoms with van der Waals surface area (Å²) in [6.07, 6.45) is 6.21. The van der Waals surface area contributed by atoms with Crippen molar-refractivity contribution in [2.24, 2.45) is 23.7 Å². The van der Waals surface area contributed by atoms with Crippen LogP contribution >= 0.6 is 15.9 Å². The maximum absolute atomic E-state index is 3.81. The van der Waals surface area contributed by atoms with Gasteiger partial charge in [0.25, 0.3) is 0 Å². The van der Waals surface area contributed by atoms with Gasteiger partial charge in [-0.1, -0.05) is 15.9 Å². The molecule has 0 spiro atoms. The molecule has 4 bridgehead atoms. The summed E-state index contributed by atoms with van der Waals surface area (Å²) in [6, 6.07) is 0. The van der Waals surface area contributed by atoms with Gasteiger partial charge in [0, 0.05) is 4.83 Å². The molecule has 3 atom stereocenters. The summed E-state index contributed by atoms with van der Waals surface area (Å²) in [7, 11) is 0. The van der Waals surface area contributed by atoms with E-state index < -0.39 is 0 Å². The van der Waals surface area contributed by atoms with E-state index in [-0.39, 0.29) is 0 Å². The topological polar surface area (TPSA) is 0 Å². The maximum atomic E-state index is 3.81. The van der Waals surface area contributed by atoms with E-state index in [1.807, 2.05) is 0 Å². The number of hydrogen-bond donors (Lipinski definition) is 0. The zero-order chi connectivity index (χ0) is 6.72. The molecule has 0 nitrogen and oxygen atoms in total. The predicted octanol–water partition coefficient (Wildman–Crippen LogP) is 2.82. The van der Waals surface area contributed by atoms with E-state index in [0.29, 0.717) is 0 Å². The zero-order valence-corrected chi connectivity index (χ0v) is 7.68. The van der Waals surface area contributed by atoms with Crippen molar-refractivity contribution in [3.8, 4) is 0 Å². The van der Waals surface area contributed by atoms with Gasteiger partial charge in [-0.2, -0.15) is 0 Å². The molecule has 0 aromatic carbocycles. The van der Waals surface area contributed by atoms with E-state index in [1.165, 1.54) is 6.42 Å². The van der Waals surface area contributed by atoms with Crippen LogP contribution in [0.2, 0.25) is 0 Å². The lowest BCUT2D eigenvalue weighted by molar-refractivity contribution is 0.0405. The molecular weight excluding hydrogens is 188 g/mol. The highest BCUT2D eigenvalue weighted by atomic mass is 79.9. The van der Waals surface area contributed by atoms with Crippen LogP contribution in [-0.4, -0.2) is 4.83 Å². The van der Waals surface area contributed by atoms with Crippen LogP contribution in [0.5, 0.6) is 0 Å². The van der Waals surface area contributed by atoms with Crippen molar-refractivity contribution in [1.82, 2.24) is 0 Å². The van der Waals surface area contributed by atoms with E-state index in [4.69, 9.17) is 0 Å². The van der Waals surface area contributed by atoms with Crippen LogP contribution in [0.3, 0.4) is 0 Å². The summed E-state index contributed by atoms with van der Waals surface area (Å²) in [5.41, 5.74) is 0. The van der Waals surface area contributed by atoms with Crippen LogP contribution < -0.4 is 0 Å². The third-order valence-electron chi connectivity index (χ3n) is 4.05. The van der Waals surface area contributed by atoms with Gasteiger partial charge >= 0.3 is 0 Å². The Morgan fingerprint density at radius 2 is 1.50 bits per heavy atom. The van der Waals surface area contributed by atoms with E-state index in [0.717, 1.165) is 28.5 Å². The normalized spacial score (nSPS) is 63.9. The van der Waals surface area contributed by atoms with E-state index in [2.05, 4.69) is 15.9 Å². The monoisotopic (exact) mass is 200 g/mol. The van der Waals surface area contributed by atoms with Crippen LogP contribution in [0.15, 0.2) is 0 Å². The van der Waals surface area contributed by atoms with Gasteiger partial charge < -0.3 is 0 Å². The van der Waals surface area contributed by atoms with Gasteiger partial charge in [0.15, 0.2) is 0 Å². The molecule has 4 saturated carbocycles. The minimum Gasteiger partial charge on any atom is -0.0887 e. The molecule has 0 saturated heterocycles. The Kier molecular flexibility index (Phi) is 1.09. The second-order valence-corrected chi connectivity index (χ2v) is 5.58. The molecule has 0 amide bonds. The quantitative estimate of drug-likeness (QED) is 0.528. The van der Waals surface area contributed by atoms with Gasteiger partial charge in [-0.05, 0) is 49.4 Å². The lowest BCUT2D eigenvalue weighted by atomic mass is 9.59. The largest absolute Gasteiger partial charge is 0.0887 e. The van der Waals surface area contributed by atoms with Crippen LogP contribution in [-0.2, 0) is 0 Å². The maximum Gasteiger partial charge on any atom is 0.0179 e. The Labute approximate surface area is 70.5 Å². The fourth-order valence-corrected chi connectivity index (χ4v) is 4.50. The summed E-state index contributed by atoms with van der Waals surface area (Å²) >= 11 is 3.81. The van der Waals surface area contributed by atoms with Gasteiger partial charge in [0.2, 0.25) is 0 Å². The SMILES string of the molecule is BrC1C[C@@H]2C[C@H]1C1CC2C1. The highest BCUT2D eigenvalue weighted by Gasteiger charge is 2.52. The first kappa shape index (κ1) is 6.05. The Morgan fingerprint density at radius 1 is 0.800 bits per heavy atom. The Morgan fingerprint density at radius 3 is 2.10 bits per heavy atom. The molecule has 0 aromatic rings. The fourth-order valence-electron chi connectivity index (χ4n) is 3.37. The third-order valence-corrected chi connectivity index (χ3v) is 5.10. The molecule has 0 aromatic heterocycles. The molecule has 4 aliphatic carbocycles. The zero-order valence-electron chi connectivity index (χ0n) is 6.09. The van der Waals surface area contributed by atoms with Crippen molar-refractivity contribution in [2.75, 3.05) is 0 Å². The van der Waals surface area contributed by atoms with Crippen molar-refractivity contribution >= 4 is 15.9 Å². The first-order valence-electron chi connectivity index (χ1n) is 4.48. The molecule has 10 heavy (non-hydrogen) atoms. The molecule has 1 unspecified atom stereocenters. The summed E-state index contributed by atoms with van der Waals surface area (Å²) in [4.78, 5) is 0.898. The van der Waals surface area contributed by atoms with Crippen LogP contribution in [0.25, 0.3) is 0 Å². The molecular formula is C9H13Br. The predicted molar refractivity (Wildman–Crippen MR) is 45.1 cm³/mol. The second-order valence-electron chi connectivity index (χ2n) is 4.40. The summed E-state index contributed by atoms with van der Waals surface area (Å²) in [6.45, 7) is 0. The minimum absolute atomic E-state index is 0.898. The summed E-state index contributed by atoms with van der Waals surface area (Å²) < 4.78 is 0. The number of rotatable bonds is 0. The number of alkyl halides is 1. The Hall–Kier alpha value is 0.480. The van der Waals surface area contributed by atoms with Gasteiger partial charge in [-0.15, -0.1) is 0 Å². The Bertz CT molecular complexity index is 156. The molecule has 56 valence electrons. The molecule has 0 radical (unpaired) electrons. The standard InChI is InChI=1S/C9H13Br/c10-9-4-6-3-8(9)7-1-5(6)2-7/h5-9H,1-4H2/t5?,6-,7?,8-,9?/m0/s1. The van der Waals surface area contributed by atoms with Crippen molar-refractivity contribution < 1.29 is 0 Å². The number of hydrogen-bond acceptors (Lipinski definition) is 0. The lowest BCUT2D eigenvalue weighted by Gasteiger charge is -2.46. The van der Waals surface area contributed by atoms with Crippen LogP contribution in [0.4, 0.5) is 0 Å². The second kappa shape index (κ2) is 1.80. The fraction of sp³-hybridized carbons (Fsp3) is 1.00. The molecule has 4 fully saturated rings. The van der Waals surface area contributed by atoms with E-state index in [1.54, 1.807) is 19.3 Å². The number of halogens is 1. The first-order valence-corrected chi connectivity index (χ1v) is 5.40. The minimum atomic E-state index is 0.898. The van der Waals surface area contributed by atoms with Crippen molar-refractivity contribution in [3.05, 3.63) is 0 Å². The lowest BCUT2D eigenvalue weighted by Crippen LogP contribution is -2.38. The van der Waals surface area contributed by atoms with Crippen molar-refractivity contribution in [3.63, 3.8) is 0 Å². The highest BCUT2D eigenvalue weighted by molar-refractivity contribution is 9.09. The summed E-state index contributed by atoms with van der Waals surface area (Å²) in [5, 5.41) is 0. The molecule has 0 N–H and O–H groups in total. The average Bonchev–Trinajstić information content (AvgIpc) is 2.03. The third kappa shape index (κ3) is 0.585. The van der Waals surface area contributed by atoms with E-state index in [9.17, 15) is 0 Å². The van der Waals surface area contributed by atoms with Crippen molar-refractivity contribution in [2.45, 2.75) is 30.5 Å². The molecule has 1 heteroatoms. The molecule has 4 aliphatic rings. The van der Waals surface area contributed by atoms with Crippen LogP contribution in [0, 0.1) is 23.7 Å². The highest BCUT2D eigenvalue weighted by Crippen LogP contribution is 2.60. The molecule has 4 rings (SSSR count). The molecule has 0 heterocycles. The first-order chi connectivity index (χ1) is 4.84. The van der Waals surface area contributed by atoms with Gasteiger partial charge in [0.1, 0.15) is 0 Å². The van der Waals surface area contributed by atoms with E-state index >= 15 is 0 Å². The average molecular weight is 201 g/mol. The van der Waals surface area contributed by atoms with Gasteiger partial charge in [-0.3, -0.25) is 0 Å². The van der Waals surface area contributed by atoms with Gasteiger partial charge in [-0.25, -0.2) is 0 Å². The van der Waals surface area contributed by atoms with Crippen molar-refractivity contribution in [1.29, 1.82) is 0 Å². The van der Waals surface area contributed by atoms with Gasteiger partial charge in [0.05, 0.1) is 0 Å². The smallest absolute Gasteiger partial charge is 0.0179 e. The molecule has 0 aliphatic heterocycles.